The van der Waals surface area contributed by atoms with Crippen LogP contribution in [0.4, 0.5) is 5.69 Å². The lowest BCUT2D eigenvalue weighted by Crippen LogP contribution is -2.39. The first kappa shape index (κ1) is 29.4. The van der Waals surface area contributed by atoms with Gasteiger partial charge in [-0.3, -0.25) is 9.78 Å². The molecule has 0 bridgehead atoms. The van der Waals surface area contributed by atoms with Crippen molar-refractivity contribution in [2.75, 3.05) is 25.5 Å². The van der Waals surface area contributed by atoms with Crippen molar-refractivity contribution in [3.63, 3.8) is 0 Å². The Bertz CT molecular complexity index is 1470. The van der Waals surface area contributed by atoms with Crippen LogP contribution in [0, 0.1) is 0 Å². The first-order valence-electron chi connectivity index (χ1n) is 13.9. The fourth-order valence-electron chi connectivity index (χ4n) is 5.05. The number of aliphatic hydroxyl groups excluding tert-OH is 2. The molecule has 4 N–H and O–H groups in total. The van der Waals surface area contributed by atoms with Gasteiger partial charge >= 0.3 is 0 Å². The largest absolute Gasteiger partial charge is 0.508 e. The van der Waals surface area contributed by atoms with Crippen molar-refractivity contribution >= 4 is 11.6 Å². The van der Waals surface area contributed by atoms with Gasteiger partial charge in [0, 0.05) is 43.2 Å². The van der Waals surface area contributed by atoms with Crippen LogP contribution in [0.25, 0.3) is 0 Å². The number of phenols is 1. The Morgan fingerprint density at radius 2 is 1.83 bits per heavy atom. The molecule has 0 aliphatic carbocycles. The van der Waals surface area contributed by atoms with E-state index in [-0.39, 0.29) is 30.5 Å². The summed E-state index contributed by atoms with van der Waals surface area (Å²) < 4.78 is 12.9. The van der Waals surface area contributed by atoms with Gasteiger partial charge in [-0.05, 0) is 60.1 Å². The molecule has 4 unspecified atom stereocenters. The number of carbonyl (C=O) groups excluding carboxylic acids is 1. The lowest BCUT2D eigenvalue weighted by atomic mass is 9.99. The maximum Gasteiger partial charge on any atom is 0.257 e. The lowest BCUT2D eigenvalue weighted by molar-refractivity contribution is -0.252. The molecule has 5 rings (SSSR count). The molecule has 1 aromatic heterocycles. The average Bonchev–Trinajstić information content (AvgIpc) is 3.01. The Balaban J connectivity index is 1.32. The second-order valence-electron chi connectivity index (χ2n) is 10.5. The van der Waals surface area contributed by atoms with Gasteiger partial charge < -0.3 is 35.0 Å². The highest BCUT2D eigenvalue weighted by atomic mass is 16.7. The molecule has 9 heteroatoms. The van der Waals surface area contributed by atoms with Gasteiger partial charge in [-0.2, -0.15) is 0 Å². The molecule has 0 radical (unpaired) electrons. The highest BCUT2D eigenvalue weighted by molar-refractivity contribution is 6.04. The number of amides is 1. The number of anilines is 1. The fraction of sp³-hybridized carbons (Fsp3) is 0.273. The van der Waals surface area contributed by atoms with E-state index >= 15 is 0 Å². The van der Waals surface area contributed by atoms with Crippen molar-refractivity contribution in [2.24, 2.45) is 0 Å². The van der Waals surface area contributed by atoms with Crippen LogP contribution in [-0.4, -0.2) is 57.4 Å². The number of hydrogen-bond acceptors (Lipinski definition) is 8. The van der Waals surface area contributed by atoms with E-state index in [1.165, 1.54) is 6.20 Å². The van der Waals surface area contributed by atoms with E-state index in [2.05, 4.69) is 10.3 Å². The summed E-state index contributed by atoms with van der Waals surface area (Å²) in [5.41, 5.74) is 4.23. The first-order chi connectivity index (χ1) is 20.4. The highest BCUT2D eigenvalue weighted by Gasteiger charge is 2.33. The molecule has 0 saturated carbocycles. The monoisotopic (exact) mass is 569 g/mol. The Morgan fingerprint density at radius 1 is 1.02 bits per heavy atom. The van der Waals surface area contributed by atoms with E-state index in [1.54, 1.807) is 48.7 Å². The number of aromatic nitrogens is 1. The number of phenolic OH excluding ortho intramolecular Hbond substituents is 1. The molecule has 218 valence electrons. The minimum absolute atomic E-state index is 0.0377. The van der Waals surface area contributed by atoms with Gasteiger partial charge in [0.15, 0.2) is 6.29 Å². The molecule has 1 aliphatic rings. The molecule has 0 spiro atoms. The number of pyridine rings is 1. The van der Waals surface area contributed by atoms with Crippen molar-refractivity contribution in [1.82, 2.24) is 9.88 Å². The molecule has 1 amide bonds. The molecule has 9 nitrogen and oxygen atoms in total. The SMILES string of the molecule is CN(CC1CC(c2ccc(CO)cc2)OC(c2cccc(NC(=O)c3cccnc3)c2)O1)CC(O)c1cccc(O)c1. The van der Waals surface area contributed by atoms with Crippen LogP contribution in [0.1, 0.15) is 57.5 Å². The predicted octanol–water partition coefficient (Wildman–Crippen LogP) is 4.74. The standard InChI is InChI=1S/C33H35N3O6/c1-36(20-30(39)24-5-3-9-28(38)16-24)19-29-17-31(23-12-10-22(21-37)11-13-23)42-33(41-29)25-6-2-8-27(15-25)35-32(40)26-7-4-14-34-18-26/h2-16,18,29-31,33,37-39H,17,19-21H2,1H3,(H,35,40). The summed E-state index contributed by atoms with van der Waals surface area (Å²) in [6, 6.07) is 25.1. The Kier molecular flexibility index (Phi) is 9.58. The zero-order valence-corrected chi connectivity index (χ0v) is 23.3. The first-order valence-corrected chi connectivity index (χ1v) is 13.9. The van der Waals surface area contributed by atoms with Gasteiger partial charge in [-0.1, -0.05) is 48.5 Å². The third-order valence-corrected chi connectivity index (χ3v) is 7.21. The van der Waals surface area contributed by atoms with Crippen LogP contribution in [0.2, 0.25) is 0 Å². The summed E-state index contributed by atoms with van der Waals surface area (Å²) in [6.07, 6.45) is 1.71. The number of carbonyl (C=O) groups is 1. The summed E-state index contributed by atoms with van der Waals surface area (Å²) in [6.45, 7) is 0.836. The maximum absolute atomic E-state index is 12.7. The van der Waals surface area contributed by atoms with Crippen LogP contribution in [0.5, 0.6) is 5.75 Å². The number of rotatable bonds is 10. The van der Waals surface area contributed by atoms with Crippen LogP contribution < -0.4 is 5.32 Å². The highest BCUT2D eigenvalue weighted by Crippen LogP contribution is 2.38. The van der Waals surface area contributed by atoms with Gasteiger partial charge in [0.2, 0.25) is 0 Å². The number of ether oxygens (including phenoxy) is 2. The number of nitrogens with one attached hydrogen (secondary N) is 1. The molecule has 3 aromatic carbocycles. The van der Waals surface area contributed by atoms with Crippen LogP contribution >= 0.6 is 0 Å². The van der Waals surface area contributed by atoms with E-state index in [9.17, 15) is 20.1 Å². The van der Waals surface area contributed by atoms with Crippen molar-refractivity contribution in [3.8, 4) is 5.75 Å². The molecule has 2 heterocycles. The van der Waals surface area contributed by atoms with Crippen LogP contribution in [-0.2, 0) is 16.1 Å². The number of nitrogens with zero attached hydrogens (tertiary/aromatic N) is 2. The Hall–Kier alpha value is -4.12. The minimum atomic E-state index is -0.778. The second-order valence-corrected chi connectivity index (χ2v) is 10.5. The van der Waals surface area contributed by atoms with Crippen LogP contribution in [0.3, 0.4) is 0 Å². The van der Waals surface area contributed by atoms with Gasteiger partial charge in [-0.25, -0.2) is 0 Å². The number of aliphatic hydroxyl groups is 2. The number of likely N-dealkylation sites (N-methyl/N-ethyl adjacent to an activating group) is 1. The van der Waals surface area contributed by atoms with Gasteiger partial charge in [0.25, 0.3) is 5.91 Å². The maximum atomic E-state index is 12.7. The third-order valence-electron chi connectivity index (χ3n) is 7.21. The summed E-state index contributed by atoms with van der Waals surface area (Å²) in [4.78, 5) is 18.7. The fourth-order valence-corrected chi connectivity index (χ4v) is 5.05. The van der Waals surface area contributed by atoms with Crippen molar-refractivity contribution in [3.05, 3.63) is 125 Å². The summed E-state index contributed by atoms with van der Waals surface area (Å²) in [5, 5.41) is 32.9. The lowest BCUT2D eigenvalue weighted by Gasteiger charge is -2.38. The number of hydrogen-bond donors (Lipinski definition) is 4. The molecule has 4 atom stereocenters. The predicted molar refractivity (Wildman–Crippen MR) is 158 cm³/mol. The summed E-state index contributed by atoms with van der Waals surface area (Å²) in [7, 11) is 1.92. The van der Waals surface area contributed by atoms with E-state index in [0.29, 0.717) is 36.3 Å². The van der Waals surface area contributed by atoms with E-state index in [4.69, 9.17) is 9.47 Å². The average molecular weight is 570 g/mol. The molecule has 1 saturated heterocycles. The Labute approximate surface area is 245 Å². The normalized spacial score (nSPS) is 19.4. The van der Waals surface area contributed by atoms with E-state index in [1.807, 2.05) is 54.4 Å². The molecule has 42 heavy (non-hydrogen) atoms. The number of benzene rings is 3. The second kappa shape index (κ2) is 13.7. The van der Waals surface area contributed by atoms with Crippen molar-refractivity contribution in [2.45, 2.75) is 37.6 Å². The van der Waals surface area contributed by atoms with Crippen molar-refractivity contribution < 1.29 is 29.6 Å². The van der Waals surface area contributed by atoms with Gasteiger partial charge in [-0.15, -0.1) is 0 Å². The van der Waals surface area contributed by atoms with Crippen molar-refractivity contribution in [1.29, 1.82) is 0 Å². The van der Waals surface area contributed by atoms with Gasteiger partial charge in [0.05, 0.1) is 30.5 Å². The third kappa shape index (κ3) is 7.58. The summed E-state index contributed by atoms with van der Waals surface area (Å²) >= 11 is 0. The molecular formula is C33H35N3O6. The summed E-state index contributed by atoms with van der Waals surface area (Å²) in [5.74, 6) is -0.156. The van der Waals surface area contributed by atoms with Gasteiger partial charge in [0.1, 0.15) is 5.75 Å². The molecule has 1 fully saturated rings. The zero-order valence-electron chi connectivity index (χ0n) is 23.3. The zero-order chi connectivity index (χ0) is 29.5. The van der Waals surface area contributed by atoms with Crippen LogP contribution in [0.15, 0.2) is 97.3 Å². The topological polar surface area (TPSA) is 124 Å². The van der Waals surface area contributed by atoms with E-state index in [0.717, 1.165) is 16.7 Å². The molecule has 1 aliphatic heterocycles. The smallest absolute Gasteiger partial charge is 0.257 e. The minimum Gasteiger partial charge on any atom is -0.508 e. The van der Waals surface area contributed by atoms with E-state index < -0.39 is 12.4 Å². The number of aromatic hydroxyl groups is 1. The Morgan fingerprint density at radius 3 is 2.57 bits per heavy atom. The molecular weight excluding hydrogens is 534 g/mol. The quantitative estimate of drug-likeness (QED) is 0.216. The molecule has 4 aromatic rings.